The van der Waals surface area contributed by atoms with Crippen LogP contribution in [-0.2, 0) is 22.4 Å². The van der Waals surface area contributed by atoms with E-state index in [1.807, 2.05) is 18.4 Å². The van der Waals surface area contributed by atoms with Gasteiger partial charge in [0.2, 0.25) is 0 Å². The maximum absolute atomic E-state index is 14.2. The largest absolute Gasteiger partial charge is 0.493 e. The fourth-order valence-electron chi connectivity index (χ4n) is 5.16. The van der Waals surface area contributed by atoms with Gasteiger partial charge in [-0.3, -0.25) is 9.59 Å². The average Bonchev–Trinajstić information content (AvgIpc) is 3.47. The van der Waals surface area contributed by atoms with Gasteiger partial charge in [0.1, 0.15) is 17.0 Å². The van der Waals surface area contributed by atoms with Crippen LogP contribution in [0.15, 0.2) is 53.9 Å². The van der Waals surface area contributed by atoms with Crippen LogP contribution in [0.2, 0.25) is 0 Å². The molecule has 0 fully saturated rings. The van der Waals surface area contributed by atoms with Crippen molar-refractivity contribution in [2.24, 2.45) is 0 Å². The van der Waals surface area contributed by atoms with Gasteiger partial charge in [-0.05, 0) is 109 Å². The lowest BCUT2D eigenvalue weighted by Gasteiger charge is -2.20. The standard InChI is InChI=1S/C36H37IN4O7S/c1-6-13-38-33(43)28-10-8-22(30(40-28)34(44)46-5)23-18-29-25(31-21(11-14-47-29)12-15-49-31)17-24(23)32(42)41-27-9-7-20(16-26(27)37)19-39-35(45)48-36(2,3)4/h7-10,12,15-18H,6,11,13-14,19H2,1-5H3,(H,38,43)(H,39,45)(H,41,42). The van der Waals surface area contributed by atoms with Gasteiger partial charge in [-0.25, -0.2) is 14.6 Å². The highest BCUT2D eigenvalue weighted by molar-refractivity contribution is 14.1. The molecule has 0 unspecified atom stereocenters. The first-order chi connectivity index (χ1) is 23.4. The molecule has 5 rings (SSSR count). The molecule has 0 atom stereocenters. The Morgan fingerprint density at radius 2 is 1.78 bits per heavy atom. The van der Waals surface area contributed by atoms with Crippen molar-refractivity contribution in [2.45, 2.75) is 52.7 Å². The molecule has 2 aromatic heterocycles. The van der Waals surface area contributed by atoms with Crippen molar-refractivity contribution >= 4 is 63.5 Å². The zero-order valence-corrected chi connectivity index (χ0v) is 30.8. The molecule has 1 aliphatic heterocycles. The summed E-state index contributed by atoms with van der Waals surface area (Å²) in [4.78, 5) is 57.6. The van der Waals surface area contributed by atoms with E-state index in [1.54, 1.807) is 62.4 Å². The second kappa shape index (κ2) is 15.4. The van der Waals surface area contributed by atoms with Crippen LogP contribution in [0.25, 0.3) is 21.6 Å². The number of nitrogens with zero attached hydrogens (tertiary/aromatic N) is 1. The molecule has 11 nitrogen and oxygen atoms in total. The summed E-state index contributed by atoms with van der Waals surface area (Å²) in [5, 5.41) is 10.5. The van der Waals surface area contributed by atoms with Crippen LogP contribution in [0.3, 0.4) is 0 Å². The highest BCUT2D eigenvalue weighted by Crippen LogP contribution is 2.43. The summed E-state index contributed by atoms with van der Waals surface area (Å²) in [7, 11) is 1.23. The van der Waals surface area contributed by atoms with Crippen LogP contribution < -0.4 is 20.7 Å². The van der Waals surface area contributed by atoms with E-state index in [1.165, 1.54) is 13.2 Å². The molecule has 3 N–H and O–H groups in total. The summed E-state index contributed by atoms with van der Waals surface area (Å²) in [6, 6.07) is 14.1. The van der Waals surface area contributed by atoms with E-state index in [4.69, 9.17) is 14.2 Å². The lowest BCUT2D eigenvalue weighted by molar-refractivity contribution is 0.0522. The number of thiophene rings is 1. The number of anilines is 1. The monoisotopic (exact) mass is 796 g/mol. The zero-order chi connectivity index (χ0) is 35.3. The smallest absolute Gasteiger partial charge is 0.407 e. The summed E-state index contributed by atoms with van der Waals surface area (Å²) >= 11 is 3.69. The van der Waals surface area contributed by atoms with E-state index >= 15 is 0 Å². The number of alkyl carbamates (subject to hydrolysis) is 1. The van der Waals surface area contributed by atoms with Gasteiger partial charge in [-0.1, -0.05) is 13.0 Å². The number of fused-ring (bicyclic) bond motifs is 3. The summed E-state index contributed by atoms with van der Waals surface area (Å²) in [6.45, 7) is 8.45. The number of carbonyl (C=O) groups is 4. The molecule has 0 spiro atoms. The molecular weight excluding hydrogens is 759 g/mol. The first kappa shape index (κ1) is 35.8. The van der Waals surface area contributed by atoms with Crippen molar-refractivity contribution in [1.29, 1.82) is 0 Å². The molecule has 256 valence electrons. The quantitative estimate of drug-likeness (QED) is 0.119. The number of amides is 3. The topological polar surface area (TPSA) is 145 Å². The van der Waals surface area contributed by atoms with Crippen molar-refractivity contribution in [2.75, 3.05) is 25.6 Å². The van der Waals surface area contributed by atoms with Crippen molar-refractivity contribution in [3.8, 4) is 27.3 Å². The molecule has 0 saturated heterocycles. The highest BCUT2D eigenvalue weighted by Gasteiger charge is 2.27. The molecule has 0 aliphatic carbocycles. The Morgan fingerprint density at radius 3 is 2.49 bits per heavy atom. The van der Waals surface area contributed by atoms with Crippen molar-refractivity contribution in [1.82, 2.24) is 15.6 Å². The maximum atomic E-state index is 14.2. The van der Waals surface area contributed by atoms with Crippen LogP contribution >= 0.6 is 33.9 Å². The summed E-state index contributed by atoms with van der Waals surface area (Å²) in [5.41, 5.74) is 3.54. The summed E-state index contributed by atoms with van der Waals surface area (Å²) in [5.74, 6) is -1.05. The van der Waals surface area contributed by atoms with E-state index < -0.39 is 29.5 Å². The number of nitrogens with one attached hydrogen (secondary N) is 3. The van der Waals surface area contributed by atoms with Gasteiger partial charge in [0, 0.05) is 50.2 Å². The molecule has 0 radical (unpaired) electrons. The first-order valence-corrected chi connectivity index (χ1v) is 17.7. The Kier molecular flexibility index (Phi) is 11.2. The van der Waals surface area contributed by atoms with Crippen molar-refractivity contribution < 1.29 is 33.4 Å². The van der Waals surface area contributed by atoms with E-state index in [0.29, 0.717) is 42.1 Å². The molecule has 4 aromatic rings. The number of ether oxygens (including phenoxy) is 3. The van der Waals surface area contributed by atoms with Crippen LogP contribution in [0.5, 0.6) is 5.75 Å². The van der Waals surface area contributed by atoms with Gasteiger partial charge >= 0.3 is 12.1 Å². The Balaban J connectivity index is 1.54. The number of rotatable bonds is 9. The third-order valence-electron chi connectivity index (χ3n) is 7.43. The lowest BCUT2D eigenvalue weighted by atomic mass is 9.93. The van der Waals surface area contributed by atoms with Crippen LogP contribution in [0.1, 0.15) is 76.6 Å². The number of hydrogen-bond acceptors (Lipinski definition) is 9. The number of methoxy groups -OCH3 is 1. The van der Waals surface area contributed by atoms with Crippen LogP contribution in [0, 0.1) is 3.57 Å². The minimum absolute atomic E-state index is 0.0497. The maximum Gasteiger partial charge on any atom is 0.407 e. The van der Waals surface area contributed by atoms with Gasteiger partial charge in [0.05, 0.1) is 19.4 Å². The minimum Gasteiger partial charge on any atom is -0.493 e. The molecule has 0 saturated carbocycles. The van der Waals surface area contributed by atoms with Gasteiger partial charge in [0.15, 0.2) is 5.69 Å². The number of esters is 1. The van der Waals surface area contributed by atoms with Gasteiger partial charge in [-0.15, -0.1) is 11.3 Å². The highest BCUT2D eigenvalue weighted by atomic mass is 127. The van der Waals surface area contributed by atoms with E-state index in [2.05, 4.69) is 49.6 Å². The number of carbonyl (C=O) groups excluding carboxylic acids is 4. The molecule has 3 amide bonds. The van der Waals surface area contributed by atoms with E-state index in [0.717, 1.165) is 31.6 Å². The van der Waals surface area contributed by atoms with Gasteiger partial charge in [-0.2, -0.15) is 0 Å². The molecular formula is C36H37IN4O7S. The SMILES string of the molecule is CCCNC(=O)c1ccc(-c2cc3c(cc2C(=O)Nc2ccc(CNC(=O)OC(C)(C)C)cc2I)-c2sccc2CCO3)c(C(=O)OC)n1. The normalized spacial score (nSPS) is 12.0. The fourth-order valence-corrected chi connectivity index (χ4v) is 6.85. The zero-order valence-electron chi connectivity index (χ0n) is 27.8. The summed E-state index contributed by atoms with van der Waals surface area (Å²) < 4.78 is 17.3. The second-order valence-electron chi connectivity index (χ2n) is 12.2. The predicted molar refractivity (Wildman–Crippen MR) is 196 cm³/mol. The Labute approximate surface area is 302 Å². The van der Waals surface area contributed by atoms with Gasteiger partial charge in [0.25, 0.3) is 11.8 Å². The van der Waals surface area contributed by atoms with Crippen LogP contribution in [0.4, 0.5) is 10.5 Å². The van der Waals surface area contributed by atoms with Crippen molar-refractivity contribution in [3.05, 3.63) is 85.6 Å². The molecule has 1 aliphatic rings. The van der Waals surface area contributed by atoms with Crippen molar-refractivity contribution in [3.63, 3.8) is 0 Å². The number of benzene rings is 2. The van der Waals surface area contributed by atoms with E-state index in [9.17, 15) is 19.2 Å². The Hall–Kier alpha value is -4.50. The Bertz CT molecular complexity index is 1920. The predicted octanol–water partition coefficient (Wildman–Crippen LogP) is 7.22. The first-order valence-electron chi connectivity index (χ1n) is 15.7. The molecule has 2 aromatic carbocycles. The Morgan fingerprint density at radius 1 is 0.980 bits per heavy atom. The molecule has 49 heavy (non-hydrogen) atoms. The van der Waals surface area contributed by atoms with Gasteiger partial charge < -0.3 is 30.2 Å². The third-order valence-corrected chi connectivity index (χ3v) is 9.32. The average molecular weight is 797 g/mol. The molecule has 0 bridgehead atoms. The fraction of sp³-hybridized carbons (Fsp3) is 0.306. The lowest BCUT2D eigenvalue weighted by Crippen LogP contribution is -2.32. The number of halogens is 1. The van der Waals surface area contributed by atoms with E-state index in [-0.39, 0.29) is 23.5 Å². The minimum atomic E-state index is -0.756. The van der Waals surface area contributed by atoms with Crippen LogP contribution in [-0.4, -0.2) is 54.7 Å². The third kappa shape index (κ3) is 8.57. The molecule has 13 heteroatoms. The number of pyridine rings is 1. The molecule has 3 heterocycles. The summed E-state index contributed by atoms with van der Waals surface area (Å²) in [6.07, 6.45) is 0.912. The number of hydrogen-bond donors (Lipinski definition) is 3. The number of aromatic nitrogens is 1. The second-order valence-corrected chi connectivity index (χ2v) is 14.3.